The minimum absolute atomic E-state index is 0.191. The van der Waals surface area contributed by atoms with Crippen LogP contribution >= 0.6 is 0 Å². The summed E-state index contributed by atoms with van der Waals surface area (Å²) in [6, 6.07) is 0. The molecule has 98 valence electrons. The highest BCUT2D eigenvalue weighted by molar-refractivity contribution is 4.79. The smallest absolute Gasteiger partial charge is 0.123 e. The van der Waals surface area contributed by atoms with Crippen molar-refractivity contribution in [3.05, 3.63) is 0 Å². The minimum Gasteiger partial charge on any atom is -0.328 e. The Morgan fingerprint density at radius 1 is 0.812 bits per heavy atom. The van der Waals surface area contributed by atoms with Crippen LogP contribution in [0, 0.1) is 0 Å². The third kappa shape index (κ3) is 8.09. The Morgan fingerprint density at radius 2 is 1.38 bits per heavy atom. The minimum atomic E-state index is -1.09. The second kappa shape index (κ2) is 10.1. The fourth-order valence-electron chi connectivity index (χ4n) is 2.18. The van der Waals surface area contributed by atoms with Crippen molar-refractivity contribution in [2.75, 3.05) is 6.54 Å². The molecule has 2 N–H and O–H groups in total. The van der Waals surface area contributed by atoms with Crippen LogP contribution in [0.5, 0.6) is 0 Å². The van der Waals surface area contributed by atoms with E-state index in [9.17, 15) is 4.39 Å². The number of halogens is 1. The summed E-state index contributed by atoms with van der Waals surface area (Å²) in [5, 5.41) is 0. The van der Waals surface area contributed by atoms with Crippen LogP contribution in [-0.2, 0) is 0 Å². The highest BCUT2D eigenvalue weighted by Crippen LogP contribution is 2.24. The van der Waals surface area contributed by atoms with Crippen LogP contribution in [0.25, 0.3) is 0 Å². The lowest BCUT2D eigenvalue weighted by molar-refractivity contribution is 0.141. The highest BCUT2D eigenvalue weighted by atomic mass is 19.1. The van der Waals surface area contributed by atoms with E-state index in [0.717, 1.165) is 12.8 Å². The largest absolute Gasteiger partial charge is 0.328 e. The molecule has 0 bridgehead atoms. The molecule has 0 saturated carbocycles. The molecule has 0 saturated heterocycles. The summed E-state index contributed by atoms with van der Waals surface area (Å²) in [6.07, 6.45) is 10.9. The predicted molar refractivity (Wildman–Crippen MR) is 70.4 cm³/mol. The molecule has 0 aromatic rings. The molecule has 0 heterocycles. The van der Waals surface area contributed by atoms with Crippen LogP contribution in [0.1, 0.15) is 78.1 Å². The van der Waals surface area contributed by atoms with Crippen molar-refractivity contribution in [3.8, 4) is 0 Å². The van der Waals surface area contributed by atoms with Gasteiger partial charge in [-0.25, -0.2) is 4.39 Å². The second-order valence-electron chi connectivity index (χ2n) is 4.98. The van der Waals surface area contributed by atoms with Crippen LogP contribution in [0.3, 0.4) is 0 Å². The monoisotopic (exact) mass is 231 g/mol. The molecular weight excluding hydrogens is 201 g/mol. The topological polar surface area (TPSA) is 26.0 Å². The average Bonchev–Trinajstić information content (AvgIpc) is 2.28. The lowest BCUT2D eigenvalue weighted by atomic mass is 9.93. The molecule has 1 unspecified atom stereocenters. The summed E-state index contributed by atoms with van der Waals surface area (Å²) in [6.45, 7) is 4.44. The summed E-state index contributed by atoms with van der Waals surface area (Å²) in [5.74, 6) is 0. The number of rotatable bonds is 11. The number of unbranched alkanes of at least 4 members (excludes halogenated alkanes) is 6. The van der Waals surface area contributed by atoms with Gasteiger partial charge in [-0.15, -0.1) is 0 Å². The van der Waals surface area contributed by atoms with Gasteiger partial charge in [-0.05, 0) is 12.8 Å². The van der Waals surface area contributed by atoms with E-state index in [0.29, 0.717) is 12.8 Å². The molecule has 0 radical (unpaired) electrons. The van der Waals surface area contributed by atoms with E-state index in [1.54, 1.807) is 0 Å². The van der Waals surface area contributed by atoms with Gasteiger partial charge in [0.05, 0.1) is 0 Å². The van der Waals surface area contributed by atoms with E-state index in [-0.39, 0.29) is 6.54 Å². The zero-order valence-electron chi connectivity index (χ0n) is 11.2. The normalized spacial score (nSPS) is 15.0. The Hall–Kier alpha value is -0.110. The predicted octanol–water partition coefficient (Wildman–Crippen LogP) is 4.59. The van der Waals surface area contributed by atoms with Gasteiger partial charge >= 0.3 is 0 Å². The quantitative estimate of drug-likeness (QED) is 0.517. The fourth-order valence-corrected chi connectivity index (χ4v) is 2.18. The highest BCUT2D eigenvalue weighted by Gasteiger charge is 2.25. The number of nitrogens with two attached hydrogens (primary N) is 1. The Balaban J connectivity index is 3.41. The fraction of sp³-hybridized carbons (Fsp3) is 1.00. The number of hydrogen-bond donors (Lipinski definition) is 1. The van der Waals surface area contributed by atoms with Crippen LogP contribution in [-0.4, -0.2) is 12.2 Å². The first-order valence-corrected chi connectivity index (χ1v) is 7.07. The molecule has 0 amide bonds. The molecule has 16 heavy (non-hydrogen) atoms. The van der Waals surface area contributed by atoms with Gasteiger partial charge in [-0.3, -0.25) is 0 Å². The summed E-state index contributed by atoms with van der Waals surface area (Å²) in [5.41, 5.74) is 4.41. The summed E-state index contributed by atoms with van der Waals surface area (Å²) >= 11 is 0. The third-order valence-electron chi connectivity index (χ3n) is 3.29. The molecule has 2 heteroatoms. The standard InChI is InChI=1S/C14H30FN/c1-3-5-6-7-8-9-10-12-14(15,13-16)11-4-2/h3-13,16H2,1-2H3. The summed E-state index contributed by atoms with van der Waals surface area (Å²) < 4.78 is 14.0. The van der Waals surface area contributed by atoms with Gasteiger partial charge in [0, 0.05) is 6.54 Å². The Kier molecular flexibility index (Phi) is 10.0. The molecular formula is C14H30FN. The molecule has 1 atom stereocenters. The zero-order chi connectivity index (χ0) is 12.3. The van der Waals surface area contributed by atoms with E-state index < -0.39 is 5.67 Å². The van der Waals surface area contributed by atoms with Gasteiger partial charge in [0.25, 0.3) is 0 Å². The third-order valence-corrected chi connectivity index (χ3v) is 3.29. The molecule has 0 aliphatic heterocycles. The first-order valence-electron chi connectivity index (χ1n) is 7.07. The van der Waals surface area contributed by atoms with E-state index in [4.69, 9.17) is 5.73 Å². The van der Waals surface area contributed by atoms with Gasteiger partial charge in [-0.1, -0.05) is 65.2 Å². The average molecular weight is 231 g/mol. The Morgan fingerprint density at radius 3 is 1.88 bits per heavy atom. The molecule has 0 aliphatic rings. The van der Waals surface area contributed by atoms with Crippen molar-refractivity contribution in [2.24, 2.45) is 5.73 Å². The second-order valence-corrected chi connectivity index (χ2v) is 4.98. The van der Waals surface area contributed by atoms with Crippen LogP contribution in [0.15, 0.2) is 0 Å². The maximum Gasteiger partial charge on any atom is 0.123 e. The first-order chi connectivity index (χ1) is 7.68. The molecule has 0 aliphatic carbocycles. The SMILES string of the molecule is CCCCCCCCCC(F)(CN)CCC. The lowest BCUT2D eigenvalue weighted by Crippen LogP contribution is -2.32. The summed E-state index contributed by atoms with van der Waals surface area (Å²) in [4.78, 5) is 0. The molecule has 0 fully saturated rings. The number of alkyl halides is 1. The van der Waals surface area contributed by atoms with Crippen molar-refractivity contribution < 1.29 is 4.39 Å². The van der Waals surface area contributed by atoms with Crippen molar-refractivity contribution in [1.29, 1.82) is 0 Å². The maximum atomic E-state index is 14.0. The van der Waals surface area contributed by atoms with Crippen molar-refractivity contribution in [2.45, 2.75) is 83.7 Å². The van der Waals surface area contributed by atoms with Crippen LogP contribution in [0.4, 0.5) is 4.39 Å². The van der Waals surface area contributed by atoms with Gasteiger partial charge in [0.1, 0.15) is 5.67 Å². The van der Waals surface area contributed by atoms with Crippen LogP contribution < -0.4 is 5.73 Å². The van der Waals surface area contributed by atoms with Crippen molar-refractivity contribution >= 4 is 0 Å². The maximum absolute atomic E-state index is 14.0. The van der Waals surface area contributed by atoms with Crippen LogP contribution in [0.2, 0.25) is 0 Å². The van der Waals surface area contributed by atoms with Gasteiger partial charge < -0.3 is 5.73 Å². The van der Waals surface area contributed by atoms with E-state index in [1.807, 2.05) is 6.92 Å². The van der Waals surface area contributed by atoms with Gasteiger partial charge in [0.2, 0.25) is 0 Å². The molecule has 0 spiro atoms. The van der Waals surface area contributed by atoms with Gasteiger partial charge in [-0.2, -0.15) is 0 Å². The first kappa shape index (κ1) is 15.9. The van der Waals surface area contributed by atoms with Crippen molar-refractivity contribution in [1.82, 2.24) is 0 Å². The van der Waals surface area contributed by atoms with E-state index in [2.05, 4.69) is 6.92 Å². The molecule has 0 aromatic heterocycles. The van der Waals surface area contributed by atoms with E-state index in [1.165, 1.54) is 38.5 Å². The van der Waals surface area contributed by atoms with Gasteiger partial charge in [0.15, 0.2) is 0 Å². The summed E-state index contributed by atoms with van der Waals surface area (Å²) in [7, 11) is 0. The van der Waals surface area contributed by atoms with Crippen molar-refractivity contribution in [3.63, 3.8) is 0 Å². The molecule has 0 aromatic carbocycles. The zero-order valence-corrected chi connectivity index (χ0v) is 11.2. The van der Waals surface area contributed by atoms with E-state index >= 15 is 0 Å². The lowest BCUT2D eigenvalue weighted by Gasteiger charge is -2.22. The Labute approximate surface area is 101 Å². The Bertz CT molecular complexity index is 150. The number of hydrogen-bond acceptors (Lipinski definition) is 1. The molecule has 0 rings (SSSR count). The molecule has 1 nitrogen and oxygen atoms in total.